The number of hydrogen-bond donors (Lipinski definition) is 0. The first kappa shape index (κ1) is 10.4. The lowest BCUT2D eigenvalue weighted by Crippen LogP contribution is -1.89. The number of carbonyl (C=O) groups excluding carboxylic acids is 1. The average molecular weight is 216 g/mol. The predicted molar refractivity (Wildman–Crippen MR) is 58.3 cm³/mol. The zero-order valence-electron chi connectivity index (χ0n) is 8.39. The number of aldehydes is 1. The van der Waals surface area contributed by atoms with Crippen molar-refractivity contribution in [3.8, 4) is 11.5 Å². The predicted octanol–water partition coefficient (Wildman–Crippen LogP) is 3.43. The highest BCUT2D eigenvalue weighted by Gasteiger charge is 2.03. The van der Waals surface area contributed by atoms with Crippen LogP contribution < -0.4 is 4.74 Å². The highest BCUT2D eigenvalue weighted by atomic mass is 19.1. The van der Waals surface area contributed by atoms with Crippen molar-refractivity contribution in [1.29, 1.82) is 0 Å². The van der Waals surface area contributed by atoms with Gasteiger partial charge in [0.15, 0.2) is 6.29 Å². The van der Waals surface area contributed by atoms with Gasteiger partial charge in [-0.1, -0.05) is 18.2 Å². The number of benzene rings is 2. The monoisotopic (exact) mass is 216 g/mol. The van der Waals surface area contributed by atoms with Crippen molar-refractivity contribution in [2.75, 3.05) is 0 Å². The molecule has 0 aliphatic carbocycles. The van der Waals surface area contributed by atoms with E-state index < -0.39 is 5.82 Å². The van der Waals surface area contributed by atoms with Crippen LogP contribution in [0, 0.1) is 5.82 Å². The summed E-state index contributed by atoms with van der Waals surface area (Å²) in [6, 6.07) is 13.2. The Labute approximate surface area is 92.3 Å². The molecule has 0 aliphatic rings. The summed E-state index contributed by atoms with van der Waals surface area (Å²) in [7, 11) is 0. The highest BCUT2D eigenvalue weighted by Crippen LogP contribution is 2.22. The summed E-state index contributed by atoms with van der Waals surface area (Å²) in [5.74, 6) is 0.415. The molecule has 0 spiro atoms. The third kappa shape index (κ3) is 2.25. The van der Waals surface area contributed by atoms with Gasteiger partial charge in [0, 0.05) is 6.07 Å². The molecule has 0 N–H and O–H groups in total. The van der Waals surface area contributed by atoms with E-state index in [9.17, 15) is 9.18 Å². The minimum atomic E-state index is -0.580. The fraction of sp³-hybridized carbons (Fsp3) is 0. The Morgan fingerprint density at radius 3 is 2.38 bits per heavy atom. The second kappa shape index (κ2) is 4.57. The first-order valence-corrected chi connectivity index (χ1v) is 4.77. The third-order valence-corrected chi connectivity index (χ3v) is 2.08. The molecule has 80 valence electrons. The van der Waals surface area contributed by atoms with Crippen LogP contribution >= 0.6 is 0 Å². The van der Waals surface area contributed by atoms with E-state index in [0.717, 1.165) is 0 Å². The van der Waals surface area contributed by atoms with Crippen LogP contribution in [0.25, 0.3) is 0 Å². The number of carbonyl (C=O) groups is 1. The first-order valence-electron chi connectivity index (χ1n) is 4.77. The van der Waals surface area contributed by atoms with Gasteiger partial charge in [-0.25, -0.2) is 4.39 Å². The molecule has 2 nitrogen and oxygen atoms in total. The van der Waals surface area contributed by atoms with E-state index in [-0.39, 0.29) is 5.56 Å². The number of hydrogen-bond acceptors (Lipinski definition) is 2. The van der Waals surface area contributed by atoms with Gasteiger partial charge in [-0.2, -0.15) is 0 Å². The van der Waals surface area contributed by atoms with E-state index in [1.165, 1.54) is 12.1 Å². The van der Waals surface area contributed by atoms with Gasteiger partial charge < -0.3 is 4.74 Å². The molecule has 0 saturated heterocycles. The summed E-state index contributed by atoms with van der Waals surface area (Å²) in [6.07, 6.45) is 0.474. The van der Waals surface area contributed by atoms with Crippen molar-refractivity contribution in [2.45, 2.75) is 0 Å². The molecule has 0 radical (unpaired) electrons. The van der Waals surface area contributed by atoms with Crippen molar-refractivity contribution < 1.29 is 13.9 Å². The maximum Gasteiger partial charge on any atom is 0.152 e. The summed E-state index contributed by atoms with van der Waals surface area (Å²) in [6.45, 7) is 0. The number of ether oxygens (including phenoxy) is 1. The van der Waals surface area contributed by atoms with Crippen LogP contribution in [0.1, 0.15) is 10.4 Å². The summed E-state index contributed by atoms with van der Waals surface area (Å²) in [4.78, 5) is 10.4. The van der Waals surface area contributed by atoms with E-state index in [1.54, 1.807) is 18.2 Å². The Kier molecular flexibility index (Phi) is 2.96. The second-order valence-electron chi connectivity index (χ2n) is 3.22. The van der Waals surface area contributed by atoms with E-state index in [2.05, 4.69) is 0 Å². The molecule has 0 fully saturated rings. The minimum Gasteiger partial charge on any atom is -0.457 e. The molecule has 2 rings (SSSR count). The fourth-order valence-electron chi connectivity index (χ4n) is 1.29. The van der Waals surface area contributed by atoms with E-state index >= 15 is 0 Å². The van der Waals surface area contributed by atoms with Crippen molar-refractivity contribution >= 4 is 6.29 Å². The molecule has 0 heterocycles. The van der Waals surface area contributed by atoms with Crippen LogP contribution in [0.5, 0.6) is 11.5 Å². The van der Waals surface area contributed by atoms with E-state index in [1.807, 2.05) is 18.2 Å². The largest absolute Gasteiger partial charge is 0.457 e. The van der Waals surface area contributed by atoms with Gasteiger partial charge in [-0.15, -0.1) is 0 Å². The molecule has 0 bridgehead atoms. The Hall–Kier alpha value is -2.16. The van der Waals surface area contributed by atoms with Gasteiger partial charge in [0.1, 0.15) is 17.3 Å². The minimum absolute atomic E-state index is 0.0282. The molecule has 0 aromatic heterocycles. The van der Waals surface area contributed by atoms with Crippen LogP contribution in [0.3, 0.4) is 0 Å². The maximum atomic E-state index is 13.2. The van der Waals surface area contributed by atoms with Gasteiger partial charge in [0.25, 0.3) is 0 Å². The molecule has 2 aromatic carbocycles. The van der Waals surface area contributed by atoms with E-state index in [0.29, 0.717) is 17.8 Å². The number of para-hydroxylation sites is 1. The molecule has 2 aromatic rings. The summed E-state index contributed by atoms with van der Waals surface area (Å²) >= 11 is 0. The lowest BCUT2D eigenvalue weighted by molar-refractivity contribution is 0.112. The third-order valence-electron chi connectivity index (χ3n) is 2.08. The lowest BCUT2D eigenvalue weighted by atomic mass is 10.2. The molecule has 0 saturated carbocycles. The smallest absolute Gasteiger partial charge is 0.152 e. The molecular weight excluding hydrogens is 207 g/mol. The van der Waals surface area contributed by atoms with E-state index in [4.69, 9.17) is 4.74 Å². The fourth-order valence-corrected chi connectivity index (χ4v) is 1.29. The van der Waals surface area contributed by atoms with Crippen LogP contribution in [-0.4, -0.2) is 6.29 Å². The molecule has 16 heavy (non-hydrogen) atoms. The molecule has 3 heteroatoms. The lowest BCUT2D eigenvalue weighted by Gasteiger charge is -2.05. The van der Waals surface area contributed by atoms with Crippen LogP contribution in [0.4, 0.5) is 4.39 Å². The maximum absolute atomic E-state index is 13.2. The van der Waals surface area contributed by atoms with Crippen molar-refractivity contribution in [1.82, 2.24) is 0 Å². The standard InChI is InChI=1S/C13H9FO2/c14-13-8-12(7-6-10(13)9-15)16-11-4-2-1-3-5-11/h1-9H. The topological polar surface area (TPSA) is 26.3 Å². The molecule has 0 atom stereocenters. The van der Waals surface area contributed by atoms with Gasteiger partial charge in [0.2, 0.25) is 0 Å². The highest BCUT2D eigenvalue weighted by molar-refractivity contribution is 5.75. The molecule has 0 amide bonds. The Morgan fingerprint density at radius 1 is 1.00 bits per heavy atom. The van der Waals surface area contributed by atoms with Crippen LogP contribution in [-0.2, 0) is 0 Å². The first-order chi connectivity index (χ1) is 7.79. The summed E-state index contributed by atoms with van der Waals surface area (Å²) in [5.41, 5.74) is 0.0282. The van der Waals surface area contributed by atoms with Crippen molar-refractivity contribution in [3.05, 3.63) is 59.9 Å². The normalized spacial score (nSPS) is 9.81. The van der Waals surface area contributed by atoms with Gasteiger partial charge in [0.05, 0.1) is 5.56 Å². The Balaban J connectivity index is 2.23. The van der Waals surface area contributed by atoms with Crippen LogP contribution in [0.2, 0.25) is 0 Å². The quantitative estimate of drug-likeness (QED) is 0.734. The molecular formula is C13H9FO2. The zero-order valence-corrected chi connectivity index (χ0v) is 8.39. The second-order valence-corrected chi connectivity index (χ2v) is 3.22. The van der Waals surface area contributed by atoms with Gasteiger partial charge in [-0.3, -0.25) is 4.79 Å². The Morgan fingerprint density at radius 2 is 1.75 bits per heavy atom. The number of rotatable bonds is 3. The molecule has 0 unspecified atom stereocenters. The number of halogens is 1. The van der Waals surface area contributed by atoms with Crippen LogP contribution in [0.15, 0.2) is 48.5 Å². The summed E-state index contributed by atoms with van der Waals surface area (Å²) in [5, 5.41) is 0. The summed E-state index contributed by atoms with van der Waals surface area (Å²) < 4.78 is 18.6. The van der Waals surface area contributed by atoms with Gasteiger partial charge >= 0.3 is 0 Å². The van der Waals surface area contributed by atoms with Crippen molar-refractivity contribution in [3.63, 3.8) is 0 Å². The average Bonchev–Trinajstić information content (AvgIpc) is 2.31. The Bertz CT molecular complexity index is 495. The molecule has 0 aliphatic heterocycles. The van der Waals surface area contributed by atoms with Gasteiger partial charge in [-0.05, 0) is 24.3 Å². The zero-order chi connectivity index (χ0) is 11.4. The van der Waals surface area contributed by atoms with Crippen molar-refractivity contribution in [2.24, 2.45) is 0 Å². The SMILES string of the molecule is O=Cc1ccc(Oc2ccccc2)cc1F.